The van der Waals surface area contributed by atoms with Gasteiger partial charge in [0.2, 0.25) is 0 Å². The van der Waals surface area contributed by atoms with E-state index in [9.17, 15) is 8.42 Å². The lowest BCUT2D eigenvalue weighted by Crippen LogP contribution is -2.30. The summed E-state index contributed by atoms with van der Waals surface area (Å²) in [7, 11) is -2.97. The average molecular weight is 245 g/mol. The number of ether oxygens (including phenoxy) is 1. The Bertz CT molecular complexity index is 350. The van der Waals surface area contributed by atoms with Gasteiger partial charge in [0.15, 0.2) is 0 Å². The van der Waals surface area contributed by atoms with Crippen LogP contribution in [0.5, 0.6) is 0 Å². The maximum absolute atomic E-state index is 11.6. The van der Waals surface area contributed by atoms with Gasteiger partial charge in [0.05, 0.1) is 17.2 Å². The molecule has 1 aliphatic heterocycles. The predicted molar refractivity (Wildman–Crippen MR) is 61.7 cm³/mol. The van der Waals surface area contributed by atoms with Crippen molar-refractivity contribution in [1.29, 1.82) is 5.26 Å². The van der Waals surface area contributed by atoms with Crippen LogP contribution in [0.1, 0.15) is 32.6 Å². The SMILES string of the molecule is CCCS(=O)(=O)CCC1(C#N)CCOCC1. The fraction of sp³-hybridized carbons (Fsp3) is 0.909. The van der Waals surface area contributed by atoms with Crippen molar-refractivity contribution in [2.75, 3.05) is 24.7 Å². The topological polar surface area (TPSA) is 67.2 Å². The summed E-state index contributed by atoms with van der Waals surface area (Å²) < 4.78 is 28.4. The highest BCUT2D eigenvalue weighted by atomic mass is 32.2. The molecule has 1 saturated heterocycles. The molecule has 1 aliphatic rings. The standard InChI is InChI=1S/C11H19NO3S/c1-2-8-16(13,14)9-5-11(10-12)3-6-15-7-4-11/h2-9H2,1H3. The minimum atomic E-state index is -2.97. The molecule has 0 aliphatic carbocycles. The zero-order valence-corrected chi connectivity index (χ0v) is 10.6. The molecule has 16 heavy (non-hydrogen) atoms. The quantitative estimate of drug-likeness (QED) is 0.736. The molecule has 0 radical (unpaired) electrons. The molecule has 0 N–H and O–H groups in total. The van der Waals surface area contributed by atoms with Gasteiger partial charge in [-0.3, -0.25) is 0 Å². The first kappa shape index (κ1) is 13.5. The van der Waals surface area contributed by atoms with Gasteiger partial charge in [-0.05, 0) is 25.7 Å². The number of nitrogens with zero attached hydrogens (tertiary/aromatic N) is 1. The highest BCUT2D eigenvalue weighted by molar-refractivity contribution is 7.91. The van der Waals surface area contributed by atoms with Crippen molar-refractivity contribution in [2.24, 2.45) is 5.41 Å². The zero-order chi connectivity index (χ0) is 12.1. The van der Waals surface area contributed by atoms with Gasteiger partial charge in [0.1, 0.15) is 9.84 Å². The predicted octanol–water partition coefficient (Wildman–Crippen LogP) is 1.52. The number of nitriles is 1. The van der Waals surface area contributed by atoms with Crippen molar-refractivity contribution in [3.05, 3.63) is 0 Å². The average Bonchev–Trinajstić information content (AvgIpc) is 2.28. The maximum Gasteiger partial charge on any atom is 0.150 e. The molecule has 0 unspecified atom stereocenters. The van der Waals surface area contributed by atoms with Gasteiger partial charge in [-0.15, -0.1) is 0 Å². The summed E-state index contributed by atoms with van der Waals surface area (Å²) in [6, 6.07) is 2.29. The van der Waals surface area contributed by atoms with E-state index in [0.29, 0.717) is 38.9 Å². The van der Waals surface area contributed by atoms with Crippen LogP contribution >= 0.6 is 0 Å². The van der Waals surface area contributed by atoms with E-state index in [-0.39, 0.29) is 11.5 Å². The zero-order valence-electron chi connectivity index (χ0n) is 9.74. The summed E-state index contributed by atoms with van der Waals surface area (Å²) in [6.45, 7) is 2.99. The second-order valence-corrected chi connectivity index (χ2v) is 6.71. The Kier molecular flexibility index (Phi) is 4.75. The van der Waals surface area contributed by atoms with Crippen molar-refractivity contribution < 1.29 is 13.2 Å². The summed E-state index contributed by atoms with van der Waals surface area (Å²) in [4.78, 5) is 0. The van der Waals surface area contributed by atoms with Crippen LogP contribution in [0.25, 0.3) is 0 Å². The van der Waals surface area contributed by atoms with Crippen LogP contribution in [0.15, 0.2) is 0 Å². The molecular weight excluding hydrogens is 226 g/mol. The van der Waals surface area contributed by atoms with E-state index >= 15 is 0 Å². The summed E-state index contributed by atoms with van der Waals surface area (Å²) in [5.74, 6) is 0.361. The second-order valence-electron chi connectivity index (χ2n) is 4.41. The minimum Gasteiger partial charge on any atom is -0.381 e. The molecule has 5 heteroatoms. The van der Waals surface area contributed by atoms with Gasteiger partial charge >= 0.3 is 0 Å². The number of rotatable bonds is 5. The Balaban J connectivity index is 2.55. The van der Waals surface area contributed by atoms with E-state index in [4.69, 9.17) is 10.00 Å². The monoisotopic (exact) mass is 245 g/mol. The third kappa shape index (κ3) is 3.76. The smallest absolute Gasteiger partial charge is 0.150 e. The fourth-order valence-electron chi connectivity index (χ4n) is 1.94. The van der Waals surface area contributed by atoms with Crippen molar-refractivity contribution >= 4 is 9.84 Å². The normalized spacial score (nSPS) is 20.2. The van der Waals surface area contributed by atoms with Crippen molar-refractivity contribution in [3.63, 3.8) is 0 Å². The molecule has 92 valence electrons. The number of hydrogen-bond acceptors (Lipinski definition) is 4. The van der Waals surface area contributed by atoms with Crippen molar-refractivity contribution in [1.82, 2.24) is 0 Å². The molecule has 4 nitrogen and oxygen atoms in total. The first-order valence-electron chi connectivity index (χ1n) is 5.73. The lowest BCUT2D eigenvalue weighted by molar-refractivity contribution is 0.0393. The van der Waals surface area contributed by atoms with Crippen LogP contribution in [-0.2, 0) is 14.6 Å². The van der Waals surface area contributed by atoms with Gasteiger partial charge in [-0.2, -0.15) is 5.26 Å². The van der Waals surface area contributed by atoms with Crippen LogP contribution in [-0.4, -0.2) is 33.1 Å². The van der Waals surface area contributed by atoms with E-state index in [1.54, 1.807) is 0 Å². The Morgan fingerprint density at radius 1 is 1.31 bits per heavy atom. The van der Waals surface area contributed by atoms with Crippen LogP contribution in [0.3, 0.4) is 0 Å². The molecule has 0 aromatic rings. The lowest BCUT2D eigenvalue weighted by atomic mass is 9.79. The second kappa shape index (κ2) is 5.65. The van der Waals surface area contributed by atoms with Gasteiger partial charge in [-0.25, -0.2) is 8.42 Å². The Hall–Kier alpha value is -0.600. The summed E-state index contributed by atoms with van der Waals surface area (Å²) >= 11 is 0. The van der Waals surface area contributed by atoms with Gasteiger partial charge in [-0.1, -0.05) is 6.92 Å². The maximum atomic E-state index is 11.6. The summed E-state index contributed by atoms with van der Waals surface area (Å²) in [5, 5.41) is 9.17. The van der Waals surface area contributed by atoms with Gasteiger partial charge < -0.3 is 4.74 Å². The third-order valence-corrected chi connectivity index (χ3v) is 4.95. The highest BCUT2D eigenvalue weighted by Gasteiger charge is 2.33. The Morgan fingerprint density at radius 3 is 2.44 bits per heavy atom. The molecule has 1 rings (SSSR count). The van der Waals surface area contributed by atoms with E-state index in [0.717, 1.165) is 0 Å². The largest absolute Gasteiger partial charge is 0.381 e. The van der Waals surface area contributed by atoms with Crippen molar-refractivity contribution in [3.8, 4) is 6.07 Å². The number of hydrogen-bond donors (Lipinski definition) is 0. The van der Waals surface area contributed by atoms with E-state index < -0.39 is 15.3 Å². The van der Waals surface area contributed by atoms with E-state index in [1.807, 2.05) is 6.92 Å². The first-order chi connectivity index (χ1) is 7.54. The molecule has 0 aromatic heterocycles. The number of sulfone groups is 1. The summed E-state index contributed by atoms with van der Waals surface area (Å²) in [5.41, 5.74) is -0.473. The third-order valence-electron chi connectivity index (χ3n) is 3.09. The van der Waals surface area contributed by atoms with Crippen LogP contribution in [0, 0.1) is 16.7 Å². The van der Waals surface area contributed by atoms with Crippen LogP contribution in [0.4, 0.5) is 0 Å². The molecule has 1 heterocycles. The van der Waals surface area contributed by atoms with Gasteiger partial charge in [0.25, 0.3) is 0 Å². The highest BCUT2D eigenvalue weighted by Crippen LogP contribution is 2.33. The van der Waals surface area contributed by atoms with Crippen LogP contribution < -0.4 is 0 Å². The van der Waals surface area contributed by atoms with Crippen LogP contribution in [0.2, 0.25) is 0 Å². The molecule has 0 amide bonds. The van der Waals surface area contributed by atoms with Gasteiger partial charge in [0, 0.05) is 19.0 Å². The Morgan fingerprint density at radius 2 is 1.94 bits per heavy atom. The first-order valence-corrected chi connectivity index (χ1v) is 7.55. The van der Waals surface area contributed by atoms with E-state index in [2.05, 4.69) is 6.07 Å². The Labute approximate surface area is 97.5 Å². The molecule has 0 atom stereocenters. The summed E-state index contributed by atoms with van der Waals surface area (Å²) in [6.07, 6.45) is 2.41. The lowest BCUT2D eigenvalue weighted by Gasteiger charge is -2.30. The fourth-order valence-corrected chi connectivity index (χ4v) is 3.47. The molecule has 0 aromatic carbocycles. The van der Waals surface area contributed by atoms with E-state index in [1.165, 1.54) is 0 Å². The molecule has 0 spiro atoms. The molecule has 0 saturated carbocycles. The molecule has 1 fully saturated rings. The molecular formula is C11H19NO3S. The molecule has 0 bridgehead atoms. The van der Waals surface area contributed by atoms with Crippen molar-refractivity contribution in [2.45, 2.75) is 32.6 Å². The minimum absolute atomic E-state index is 0.133.